The van der Waals surface area contributed by atoms with Gasteiger partial charge < -0.3 is 9.63 Å². The number of aryl methyl sites for hydroxylation is 1. The van der Waals surface area contributed by atoms with Crippen molar-refractivity contribution in [2.75, 3.05) is 0 Å². The number of aromatic carboxylic acids is 1. The first kappa shape index (κ1) is 10.9. The largest absolute Gasteiger partial charge is 0.475 e. The molecule has 0 aliphatic heterocycles. The second kappa shape index (κ2) is 3.92. The smallest absolute Gasteiger partial charge is 0.374 e. The molecule has 0 radical (unpaired) electrons. The molecule has 1 aromatic carbocycles. The molecule has 6 heteroatoms. The van der Waals surface area contributed by atoms with Gasteiger partial charge in [-0.3, -0.25) is 0 Å². The first-order chi connectivity index (χ1) is 8.66. The molecule has 0 saturated carbocycles. The molecule has 0 spiro atoms. The molecule has 3 rings (SSSR count). The van der Waals surface area contributed by atoms with Gasteiger partial charge >= 0.3 is 5.97 Å². The van der Waals surface area contributed by atoms with Crippen LogP contribution in [0, 0.1) is 6.92 Å². The highest BCUT2D eigenvalue weighted by molar-refractivity contribution is 7.13. The molecular formula is C12H8N2O3S. The number of benzene rings is 1. The van der Waals surface area contributed by atoms with Crippen molar-refractivity contribution in [1.82, 2.24) is 9.53 Å². The topological polar surface area (TPSA) is 76.2 Å². The Hall–Kier alpha value is -2.21. The number of carboxylic acid groups (broad SMARTS) is 1. The number of aromatic nitrogens is 2. The lowest BCUT2D eigenvalue weighted by Gasteiger charge is -1.98. The Balaban J connectivity index is 2.24. The zero-order chi connectivity index (χ0) is 12.7. The minimum atomic E-state index is -1.12. The van der Waals surface area contributed by atoms with Crippen molar-refractivity contribution < 1.29 is 14.4 Å². The summed E-state index contributed by atoms with van der Waals surface area (Å²) in [7, 11) is 0. The molecule has 0 fully saturated rings. The standard InChI is InChI=1S/C12H8N2O3S/c1-6-11-7(3-2-4-10(11)18-14-6)8-5-9(12(15)16)17-13-8/h2-5H,1H3,(H,15,16). The minimum absolute atomic E-state index is 0.164. The molecule has 0 bridgehead atoms. The van der Waals surface area contributed by atoms with Crippen LogP contribution in [-0.4, -0.2) is 20.6 Å². The molecule has 0 aliphatic rings. The first-order valence-electron chi connectivity index (χ1n) is 5.22. The van der Waals surface area contributed by atoms with Crippen molar-refractivity contribution in [3.05, 3.63) is 35.7 Å². The van der Waals surface area contributed by atoms with Gasteiger partial charge in [0.25, 0.3) is 0 Å². The Labute approximate surface area is 106 Å². The van der Waals surface area contributed by atoms with Crippen LogP contribution in [0.25, 0.3) is 21.3 Å². The maximum absolute atomic E-state index is 10.8. The van der Waals surface area contributed by atoms with E-state index < -0.39 is 5.97 Å². The molecule has 5 nitrogen and oxygen atoms in total. The summed E-state index contributed by atoms with van der Waals surface area (Å²) in [6.45, 7) is 1.92. The third-order valence-electron chi connectivity index (χ3n) is 2.67. The van der Waals surface area contributed by atoms with E-state index in [-0.39, 0.29) is 5.76 Å². The molecule has 90 valence electrons. The fourth-order valence-electron chi connectivity index (χ4n) is 1.86. The summed E-state index contributed by atoms with van der Waals surface area (Å²) in [6, 6.07) is 7.17. The minimum Gasteiger partial charge on any atom is -0.475 e. The van der Waals surface area contributed by atoms with Crippen LogP contribution < -0.4 is 0 Å². The first-order valence-corrected chi connectivity index (χ1v) is 5.99. The van der Waals surface area contributed by atoms with Crippen LogP contribution >= 0.6 is 11.5 Å². The summed E-state index contributed by atoms with van der Waals surface area (Å²) in [5.41, 5.74) is 2.27. The summed E-state index contributed by atoms with van der Waals surface area (Å²) in [5.74, 6) is -1.29. The Bertz CT molecular complexity index is 745. The van der Waals surface area contributed by atoms with Crippen molar-refractivity contribution in [3.8, 4) is 11.3 Å². The molecule has 0 amide bonds. The summed E-state index contributed by atoms with van der Waals surface area (Å²) in [6.07, 6.45) is 0. The monoisotopic (exact) mass is 260 g/mol. The van der Waals surface area contributed by atoms with Crippen molar-refractivity contribution in [2.45, 2.75) is 6.92 Å². The zero-order valence-electron chi connectivity index (χ0n) is 9.38. The molecule has 2 heterocycles. The Morgan fingerprint density at radius 3 is 3.00 bits per heavy atom. The van der Waals surface area contributed by atoms with Crippen LogP contribution in [0.5, 0.6) is 0 Å². The van der Waals surface area contributed by atoms with Crippen LogP contribution in [0.15, 0.2) is 28.8 Å². The summed E-state index contributed by atoms with van der Waals surface area (Å²) < 4.78 is 10.1. The molecule has 1 N–H and O–H groups in total. The van der Waals surface area contributed by atoms with E-state index in [0.29, 0.717) is 5.69 Å². The number of carboxylic acids is 1. The Morgan fingerprint density at radius 2 is 2.28 bits per heavy atom. The molecule has 0 saturated heterocycles. The Morgan fingerprint density at radius 1 is 1.44 bits per heavy atom. The second-order valence-corrected chi connectivity index (χ2v) is 4.63. The lowest BCUT2D eigenvalue weighted by molar-refractivity contribution is 0.0652. The average molecular weight is 260 g/mol. The van der Waals surface area contributed by atoms with Crippen molar-refractivity contribution in [2.24, 2.45) is 0 Å². The second-order valence-electron chi connectivity index (χ2n) is 3.83. The highest BCUT2D eigenvalue weighted by Gasteiger charge is 2.16. The summed E-state index contributed by atoms with van der Waals surface area (Å²) in [4.78, 5) is 10.8. The highest BCUT2D eigenvalue weighted by Crippen LogP contribution is 2.32. The number of fused-ring (bicyclic) bond motifs is 1. The van der Waals surface area contributed by atoms with Crippen molar-refractivity contribution in [1.29, 1.82) is 0 Å². The van der Waals surface area contributed by atoms with Crippen LogP contribution in [0.2, 0.25) is 0 Å². The van der Waals surface area contributed by atoms with Gasteiger partial charge in [-0.2, -0.15) is 4.37 Å². The molecule has 0 aliphatic carbocycles. The summed E-state index contributed by atoms with van der Waals surface area (Å²) in [5, 5.41) is 13.6. The number of rotatable bonds is 2. The van der Waals surface area contributed by atoms with Crippen LogP contribution in [0.3, 0.4) is 0 Å². The molecule has 2 aromatic heterocycles. The van der Waals surface area contributed by atoms with Crippen LogP contribution in [-0.2, 0) is 0 Å². The highest BCUT2D eigenvalue weighted by atomic mass is 32.1. The number of hydrogen-bond acceptors (Lipinski definition) is 5. The maximum Gasteiger partial charge on any atom is 0.374 e. The van der Waals surface area contributed by atoms with Gasteiger partial charge in [-0.05, 0) is 24.5 Å². The number of carbonyl (C=O) groups is 1. The van der Waals surface area contributed by atoms with Gasteiger partial charge in [0.05, 0.1) is 10.4 Å². The molecule has 0 unspecified atom stereocenters. The van der Waals surface area contributed by atoms with Gasteiger partial charge in [-0.25, -0.2) is 4.79 Å². The van der Waals surface area contributed by atoms with Crippen LogP contribution in [0.1, 0.15) is 16.2 Å². The van der Waals surface area contributed by atoms with Gasteiger partial charge in [-0.15, -0.1) is 0 Å². The van der Waals surface area contributed by atoms with E-state index in [9.17, 15) is 4.79 Å². The van der Waals surface area contributed by atoms with Gasteiger partial charge in [0, 0.05) is 17.0 Å². The van der Waals surface area contributed by atoms with E-state index in [1.54, 1.807) is 0 Å². The molecule has 3 aromatic rings. The lowest BCUT2D eigenvalue weighted by atomic mass is 10.1. The predicted molar refractivity (Wildman–Crippen MR) is 66.8 cm³/mol. The van der Waals surface area contributed by atoms with Crippen molar-refractivity contribution >= 4 is 27.6 Å². The van der Waals surface area contributed by atoms with Gasteiger partial charge in [0.15, 0.2) is 0 Å². The normalized spacial score (nSPS) is 10.9. The Kier molecular flexibility index (Phi) is 2.38. The fourth-order valence-corrected chi connectivity index (χ4v) is 2.68. The molecule has 18 heavy (non-hydrogen) atoms. The van der Waals surface area contributed by atoms with E-state index in [1.807, 2.05) is 25.1 Å². The van der Waals surface area contributed by atoms with E-state index >= 15 is 0 Å². The third-order valence-corrected chi connectivity index (χ3v) is 3.57. The SMILES string of the molecule is Cc1nsc2cccc(-c3cc(C(=O)O)on3)c12. The van der Waals surface area contributed by atoms with Gasteiger partial charge in [0.1, 0.15) is 5.69 Å². The lowest BCUT2D eigenvalue weighted by Crippen LogP contribution is -1.91. The van der Waals surface area contributed by atoms with E-state index in [2.05, 4.69) is 9.53 Å². The van der Waals surface area contributed by atoms with E-state index in [4.69, 9.17) is 9.63 Å². The van der Waals surface area contributed by atoms with Crippen molar-refractivity contribution in [3.63, 3.8) is 0 Å². The quantitative estimate of drug-likeness (QED) is 0.766. The summed E-state index contributed by atoms with van der Waals surface area (Å²) >= 11 is 1.41. The van der Waals surface area contributed by atoms with Gasteiger partial charge in [-0.1, -0.05) is 17.3 Å². The molecular weight excluding hydrogens is 252 g/mol. The zero-order valence-corrected chi connectivity index (χ0v) is 10.2. The third kappa shape index (κ3) is 1.58. The van der Waals surface area contributed by atoms with Crippen LogP contribution in [0.4, 0.5) is 0 Å². The number of nitrogens with zero attached hydrogens (tertiary/aromatic N) is 2. The average Bonchev–Trinajstić information content (AvgIpc) is 2.96. The van der Waals surface area contributed by atoms with Gasteiger partial charge in [0.2, 0.25) is 5.76 Å². The maximum atomic E-state index is 10.8. The molecule has 0 atom stereocenters. The number of hydrogen-bond donors (Lipinski definition) is 1. The fraction of sp³-hybridized carbons (Fsp3) is 0.0833. The van der Waals surface area contributed by atoms with E-state index in [0.717, 1.165) is 21.3 Å². The van der Waals surface area contributed by atoms with E-state index in [1.165, 1.54) is 17.6 Å². The predicted octanol–water partition coefficient (Wildman–Crippen LogP) is 2.96.